The lowest BCUT2D eigenvalue weighted by Gasteiger charge is -2.09. The van der Waals surface area contributed by atoms with Crippen LogP contribution in [0.3, 0.4) is 0 Å². The molecule has 3 nitrogen and oxygen atoms in total. The Hall–Kier alpha value is -2.29. The van der Waals surface area contributed by atoms with Crippen molar-refractivity contribution in [3.05, 3.63) is 64.7 Å². The number of amides is 1. The molecule has 2 aromatic rings. The molecule has 0 unspecified atom stereocenters. The van der Waals surface area contributed by atoms with Gasteiger partial charge in [0.25, 0.3) is 5.91 Å². The average Bonchev–Trinajstić information content (AvgIpc) is 2.47. The van der Waals surface area contributed by atoms with Gasteiger partial charge in [-0.05, 0) is 49.6 Å². The van der Waals surface area contributed by atoms with Crippen molar-refractivity contribution in [2.45, 2.75) is 20.3 Å². The maximum atomic E-state index is 12.2. The van der Waals surface area contributed by atoms with Crippen LogP contribution in [0.25, 0.3) is 0 Å². The molecule has 0 aromatic heterocycles. The molecule has 2 N–H and O–H groups in total. The molecule has 2 rings (SSSR count). The fourth-order valence-corrected chi connectivity index (χ4v) is 2.36. The largest absolute Gasteiger partial charge is 0.388 e. The Balaban J connectivity index is 1.93. The van der Waals surface area contributed by atoms with Crippen LogP contribution in [-0.2, 0) is 6.42 Å². The fourth-order valence-electron chi connectivity index (χ4n) is 2.36. The summed E-state index contributed by atoms with van der Waals surface area (Å²) in [5, 5.41) is 6.06. The second-order valence-corrected chi connectivity index (χ2v) is 5.27. The molecule has 0 aliphatic rings. The van der Waals surface area contributed by atoms with Crippen molar-refractivity contribution in [1.29, 1.82) is 0 Å². The average molecular weight is 282 g/mol. The molecule has 110 valence electrons. The van der Waals surface area contributed by atoms with Gasteiger partial charge in [0.1, 0.15) is 0 Å². The van der Waals surface area contributed by atoms with E-state index in [0.717, 1.165) is 23.2 Å². The van der Waals surface area contributed by atoms with Crippen LogP contribution >= 0.6 is 0 Å². The summed E-state index contributed by atoms with van der Waals surface area (Å²) >= 11 is 0. The summed E-state index contributed by atoms with van der Waals surface area (Å²) in [6.45, 7) is 4.68. The van der Waals surface area contributed by atoms with Gasteiger partial charge >= 0.3 is 0 Å². The van der Waals surface area contributed by atoms with Gasteiger partial charge in [-0.15, -0.1) is 0 Å². The topological polar surface area (TPSA) is 41.1 Å². The summed E-state index contributed by atoms with van der Waals surface area (Å²) in [4.78, 5) is 12.2. The molecule has 0 saturated heterocycles. The SMILES string of the molecule is CNc1ccc(C(=O)NCCc2cccc(C)c2)c(C)c1. The highest BCUT2D eigenvalue weighted by molar-refractivity contribution is 5.96. The van der Waals surface area contributed by atoms with Crippen LogP contribution in [0, 0.1) is 13.8 Å². The Morgan fingerprint density at radius 1 is 1.10 bits per heavy atom. The maximum absolute atomic E-state index is 12.2. The number of nitrogens with one attached hydrogen (secondary N) is 2. The Labute approximate surface area is 126 Å². The van der Waals surface area contributed by atoms with Gasteiger partial charge in [0, 0.05) is 24.8 Å². The van der Waals surface area contributed by atoms with Gasteiger partial charge in [-0.2, -0.15) is 0 Å². The monoisotopic (exact) mass is 282 g/mol. The number of carbonyl (C=O) groups excluding carboxylic acids is 1. The second-order valence-electron chi connectivity index (χ2n) is 5.27. The van der Waals surface area contributed by atoms with E-state index in [1.54, 1.807) is 0 Å². The van der Waals surface area contributed by atoms with E-state index in [1.807, 2.05) is 38.2 Å². The number of aryl methyl sites for hydroxylation is 2. The predicted molar refractivity (Wildman–Crippen MR) is 87.9 cm³/mol. The Morgan fingerprint density at radius 2 is 1.90 bits per heavy atom. The molecule has 0 radical (unpaired) electrons. The number of anilines is 1. The third kappa shape index (κ3) is 4.09. The van der Waals surface area contributed by atoms with Gasteiger partial charge in [0.05, 0.1) is 0 Å². The van der Waals surface area contributed by atoms with E-state index in [-0.39, 0.29) is 5.91 Å². The number of hydrogen-bond donors (Lipinski definition) is 2. The first-order valence-electron chi connectivity index (χ1n) is 7.22. The molecular formula is C18H22N2O. The van der Waals surface area contributed by atoms with Crippen LogP contribution < -0.4 is 10.6 Å². The zero-order valence-corrected chi connectivity index (χ0v) is 12.9. The van der Waals surface area contributed by atoms with Crippen LogP contribution in [-0.4, -0.2) is 19.5 Å². The third-order valence-electron chi connectivity index (χ3n) is 3.54. The number of benzene rings is 2. The molecule has 21 heavy (non-hydrogen) atoms. The van der Waals surface area contributed by atoms with Crippen molar-refractivity contribution in [3.8, 4) is 0 Å². The van der Waals surface area contributed by atoms with Crippen LogP contribution in [0.5, 0.6) is 0 Å². The van der Waals surface area contributed by atoms with Crippen molar-refractivity contribution in [1.82, 2.24) is 5.32 Å². The molecule has 0 atom stereocenters. The fraction of sp³-hybridized carbons (Fsp3) is 0.278. The summed E-state index contributed by atoms with van der Waals surface area (Å²) in [5.41, 5.74) is 5.23. The standard InChI is InChI=1S/C18H22N2O/c1-13-5-4-6-15(11-13)9-10-20-18(21)17-8-7-16(19-3)12-14(17)2/h4-8,11-12,19H,9-10H2,1-3H3,(H,20,21). The molecule has 0 heterocycles. The molecule has 1 amide bonds. The summed E-state index contributed by atoms with van der Waals surface area (Å²) < 4.78 is 0. The van der Waals surface area contributed by atoms with E-state index < -0.39 is 0 Å². The molecule has 3 heteroatoms. The predicted octanol–water partition coefficient (Wildman–Crippen LogP) is 3.32. The quantitative estimate of drug-likeness (QED) is 0.883. The second kappa shape index (κ2) is 6.93. The van der Waals surface area contributed by atoms with Gasteiger partial charge in [-0.1, -0.05) is 29.8 Å². The molecule has 0 saturated carbocycles. The smallest absolute Gasteiger partial charge is 0.251 e. The highest BCUT2D eigenvalue weighted by Gasteiger charge is 2.08. The number of hydrogen-bond acceptors (Lipinski definition) is 2. The van der Waals surface area contributed by atoms with Crippen molar-refractivity contribution >= 4 is 11.6 Å². The van der Waals surface area contributed by atoms with Gasteiger partial charge in [0.2, 0.25) is 0 Å². The van der Waals surface area contributed by atoms with Crippen molar-refractivity contribution in [2.75, 3.05) is 18.9 Å². The molecular weight excluding hydrogens is 260 g/mol. The van der Waals surface area contributed by atoms with Gasteiger partial charge in [0.15, 0.2) is 0 Å². The number of carbonyl (C=O) groups is 1. The summed E-state index contributed by atoms with van der Waals surface area (Å²) in [7, 11) is 1.87. The third-order valence-corrected chi connectivity index (χ3v) is 3.54. The van der Waals surface area contributed by atoms with Crippen LogP contribution in [0.4, 0.5) is 5.69 Å². The van der Waals surface area contributed by atoms with Crippen molar-refractivity contribution in [3.63, 3.8) is 0 Å². The van der Waals surface area contributed by atoms with Crippen LogP contribution in [0.1, 0.15) is 27.0 Å². The molecule has 0 aliphatic carbocycles. The summed E-state index contributed by atoms with van der Waals surface area (Å²) in [6.07, 6.45) is 0.848. The summed E-state index contributed by atoms with van der Waals surface area (Å²) in [5.74, 6) is -0.0113. The number of rotatable bonds is 5. The first-order chi connectivity index (χ1) is 10.1. The lowest BCUT2D eigenvalue weighted by atomic mass is 10.1. The normalized spacial score (nSPS) is 10.2. The maximum Gasteiger partial charge on any atom is 0.251 e. The van der Waals surface area contributed by atoms with E-state index in [1.165, 1.54) is 11.1 Å². The van der Waals surface area contributed by atoms with Gasteiger partial charge in [-0.25, -0.2) is 0 Å². The van der Waals surface area contributed by atoms with Crippen LogP contribution in [0.15, 0.2) is 42.5 Å². The van der Waals surface area contributed by atoms with Gasteiger partial charge in [-0.3, -0.25) is 4.79 Å². The molecule has 0 fully saturated rings. The minimum absolute atomic E-state index is 0.0113. The minimum atomic E-state index is -0.0113. The van der Waals surface area contributed by atoms with E-state index in [2.05, 4.69) is 35.8 Å². The lowest BCUT2D eigenvalue weighted by Crippen LogP contribution is -2.26. The van der Waals surface area contributed by atoms with Crippen molar-refractivity contribution < 1.29 is 4.79 Å². The zero-order valence-electron chi connectivity index (χ0n) is 12.9. The van der Waals surface area contributed by atoms with E-state index in [9.17, 15) is 4.79 Å². The summed E-state index contributed by atoms with van der Waals surface area (Å²) in [6, 6.07) is 14.1. The Kier molecular flexibility index (Phi) is 4.99. The van der Waals surface area contributed by atoms with E-state index in [4.69, 9.17) is 0 Å². The van der Waals surface area contributed by atoms with Gasteiger partial charge < -0.3 is 10.6 Å². The highest BCUT2D eigenvalue weighted by Crippen LogP contribution is 2.14. The Morgan fingerprint density at radius 3 is 2.57 bits per heavy atom. The van der Waals surface area contributed by atoms with Crippen molar-refractivity contribution in [2.24, 2.45) is 0 Å². The zero-order chi connectivity index (χ0) is 15.2. The first kappa shape index (κ1) is 15.1. The molecule has 2 aromatic carbocycles. The Bertz CT molecular complexity index is 635. The minimum Gasteiger partial charge on any atom is -0.388 e. The lowest BCUT2D eigenvalue weighted by molar-refractivity contribution is 0.0953. The first-order valence-corrected chi connectivity index (χ1v) is 7.22. The molecule has 0 spiro atoms. The van der Waals surface area contributed by atoms with Crippen LogP contribution in [0.2, 0.25) is 0 Å². The molecule has 0 bridgehead atoms. The highest BCUT2D eigenvalue weighted by atomic mass is 16.1. The van der Waals surface area contributed by atoms with E-state index in [0.29, 0.717) is 6.54 Å². The molecule has 0 aliphatic heterocycles. The van der Waals surface area contributed by atoms with E-state index >= 15 is 0 Å².